The number of benzene rings is 1. The first-order valence-corrected chi connectivity index (χ1v) is 6.99. The fourth-order valence-corrected chi connectivity index (χ4v) is 2.61. The van der Waals surface area contributed by atoms with E-state index in [2.05, 4.69) is 16.9 Å². The number of pyridine rings is 1. The molecule has 0 atom stereocenters. The number of nitrogens with zero attached hydrogens (tertiary/aromatic N) is 3. The molecule has 0 radical (unpaired) electrons. The van der Waals surface area contributed by atoms with Crippen LogP contribution in [-0.4, -0.2) is 11.4 Å². The summed E-state index contributed by atoms with van der Waals surface area (Å²) in [4.78, 5) is 2.09. The van der Waals surface area contributed by atoms with Crippen LogP contribution in [0.1, 0.15) is 16.7 Å². The van der Waals surface area contributed by atoms with Crippen molar-refractivity contribution in [3.05, 3.63) is 71.5 Å². The summed E-state index contributed by atoms with van der Waals surface area (Å²) < 4.78 is 1.99. The van der Waals surface area contributed by atoms with Crippen molar-refractivity contribution in [3.8, 4) is 18.4 Å². The van der Waals surface area contributed by atoms with Gasteiger partial charge in [-0.3, -0.25) is 0 Å². The summed E-state index contributed by atoms with van der Waals surface area (Å²) in [6.07, 6.45) is 9.42. The van der Waals surface area contributed by atoms with Gasteiger partial charge in [-0.15, -0.1) is 6.42 Å². The van der Waals surface area contributed by atoms with Crippen LogP contribution in [0.3, 0.4) is 0 Å². The molecule has 0 spiro atoms. The predicted molar refractivity (Wildman–Crippen MR) is 88.6 cm³/mol. The minimum atomic E-state index is 0.651. The molecule has 0 aliphatic carbocycles. The molecule has 1 aromatic carbocycles. The Kier molecular flexibility index (Phi) is 3.56. The largest absolute Gasteiger partial charge is 0.370 e. The molecule has 0 amide bonds. The highest BCUT2D eigenvalue weighted by atomic mass is 15.1. The summed E-state index contributed by atoms with van der Waals surface area (Å²) in [7, 11) is 2.00. The van der Waals surface area contributed by atoms with Crippen molar-refractivity contribution in [2.75, 3.05) is 11.9 Å². The van der Waals surface area contributed by atoms with Crippen LogP contribution >= 0.6 is 0 Å². The van der Waals surface area contributed by atoms with Crippen molar-refractivity contribution < 1.29 is 0 Å². The molecule has 0 bridgehead atoms. The van der Waals surface area contributed by atoms with Crippen LogP contribution in [0.5, 0.6) is 0 Å². The predicted octanol–water partition coefficient (Wildman–Crippen LogP) is 3.43. The van der Waals surface area contributed by atoms with Crippen molar-refractivity contribution in [3.63, 3.8) is 0 Å². The number of terminal acetylenes is 1. The maximum absolute atomic E-state index is 9.46. The van der Waals surface area contributed by atoms with Gasteiger partial charge in [0.15, 0.2) is 0 Å². The average Bonchev–Trinajstić information content (AvgIpc) is 2.91. The van der Waals surface area contributed by atoms with E-state index in [0.717, 1.165) is 27.9 Å². The molecule has 3 nitrogen and oxygen atoms in total. The third kappa shape index (κ3) is 2.41. The van der Waals surface area contributed by atoms with E-state index in [0.29, 0.717) is 6.54 Å². The fraction of sp³-hybridized carbons (Fsp3) is 0.105. The topological polar surface area (TPSA) is 31.4 Å². The Balaban J connectivity index is 1.96. The van der Waals surface area contributed by atoms with E-state index in [1.165, 1.54) is 0 Å². The van der Waals surface area contributed by atoms with Gasteiger partial charge >= 0.3 is 0 Å². The summed E-state index contributed by atoms with van der Waals surface area (Å²) in [5.41, 5.74) is 4.55. The van der Waals surface area contributed by atoms with Gasteiger partial charge in [0.1, 0.15) is 6.07 Å². The van der Waals surface area contributed by atoms with E-state index in [9.17, 15) is 5.26 Å². The normalized spacial score (nSPS) is 10.1. The highest BCUT2D eigenvalue weighted by Crippen LogP contribution is 2.22. The van der Waals surface area contributed by atoms with Gasteiger partial charge in [-0.2, -0.15) is 5.26 Å². The highest BCUT2D eigenvalue weighted by Gasteiger charge is 2.12. The van der Waals surface area contributed by atoms with Crippen LogP contribution in [0.25, 0.3) is 5.52 Å². The minimum absolute atomic E-state index is 0.651. The number of fused-ring (bicyclic) bond motifs is 1. The Labute approximate surface area is 130 Å². The van der Waals surface area contributed by atoms with Gasteiger partial charge < -0.3 is 9.30 Å². The molecule has 0 saturated carbocycles. The van der Waals surface area contributed by atoms with E-state index >= 15 is 0 Å². The molecule has 0 saturated heterocycles. The second-order valence-corrected chi connectivity index (χ2v) is 5.19. The van der Waals surface area contributed by atoms with Crippen LogP contribution in [0.4, 0.5) is 5.69 Å². The molecule has 106 valence electrons. The molecule has 3 heteroatoms. The molecular weight excluding hydrogens is 270 g/mol. The zero-order valence-corrected chi connectivity index (χ0v) is 12.3. The second-order valence-electron chi connectivity index (χ2n) is 5.19. The van der Waals surface area contributed by atoms with Crippen molar-refractivity contribution >= 4 is 11.2 Å². The first-order valence-electron chi connectivity index (χ1n) is 6.99. The van der Waals surface area contributed by atoms with Crippen LogP contribution in [0, 0.1) is 23.7 Å². The maximum atomic E-state index is 9.46. The molecule has 0 aliphatic heterocycles. The maximum Gasteiger partial charge on any atom is 0.102 e. The number of hydrogen-bond donors (Lipinski definition) is 0. The smallest absolute Gasteiger partial charge is 0.102 e. The lowest BCUT2D eigenvalue weighted by atomic mass is 10.1. The Morgan fingerprint density at radius 2 is 2.09 bits per heavy atom. The Morgan fingerprint density at radius 3 is 2.86 bits per heavy atom. The molecule has 0 unspecified atom stereocenters. The Hall–Kier alpha value is -3.17. The molecule has 22 heavy (non-hydrogen) atoms. The molecule has 3 aromatic rings. The Bertz CT molecular complexity index is 906. The molecule has 0 fully saturated rings. The van der Waals surface area contributed by atoms with Gasteiger partial charge in [-0.25, -0.2) is 0 Å². The lowest BCUT2D eigenvalue weighted by Gasteiger charge is -2.19. The number of hydrogen-bond acceptors (Lipinski definition) is 2. The van der Waals surface area contributed by atoms with E-state index in [1.54, 1.807) is 0 Å². The first-order chi connectivity index (χ1) is 10.7. The standard InChI is InChI=1S/C19H15N3/c1-3-15-7-6-8-17(11-15)21(2)13-16-14-22-10-5-4-9-19(22)18(16)12-20/h1,4-11,14H,13H2,2H3. The molecular formula is C19H15N3. The van der Waals surface area contributed by atoms with Gasteiger partial charge in [-0.05, 0) is 30.3 Å². The second kappa shape index (κ2) is 5.68. The summed E-state index contributed by atoms with van der Waals surface area (Å²) in [6.45, 7) is 0.651. The van der Waals surface area contributed by atoms with Crippen molar-refractivity contribution in [2.24, 2.45) is 0 Å². The number of anilines is 1. The van der Waals surface area contributed by atoms with Gasteiger partial charge in [0.2, 0.25) is 0 Å². The van der Waals surface area contributed by atoms with Gasteiger partial charge in [0, 0.05) is 42.8 Å². The number of nitriles is 1. The molecule has 0 aliphatic rings. The van der Waals surface area contributed by atoms with Crippen LogP contribution in [0.15, 0.2) is 54.9 Å². The summed E-state index contributed by atoms with van der Waals surface area (Å²) in [6, 6.07) is 16.0. The third-order valence-corrected chi connectivity index (χ3v) is 3.74. The van der Waals surface area contributed by atoms with E-state index in [4.69, 9.17) is 6.42 Å². The Morgan fingerprint density at radius 1 is 1.23 bits per heavy atom. The molecule has 3 rings (SSSR count). The van der Waals surface area contributed by atoms with Gasteiger partial charge in [0.05, 0.1) is 11.1 Å². The molecule has 2 aromatic heterocycles. The molecule has 2 heterocycles. The van der Waals surface area contributed by atoms with E-state index in [1.807, 2.05) is 66.3 Å². The zero-order chi connectivity index (χ0) is 15.5. The van der Waals surface area contributed by atoms with E-state index in [-0.39, 0.29) is 0 Å². The summed E-state index contributed by atoms with van der Waals surface area (Å²) in [5, 5.41) is 9.46. The third-order valence-electron chi connectivity index (χ3n) is 3.74. The van der Waals surface area contributed by atoms with Crippen LogP contribution in [-0.2, 0) is 6.54 Å². The van der Waals surface area contributed by atoms with Gasteiger partial charge in [-0.1, -0.05) is 18.1 Å². The monoisotopic (exact) mass is 285 g/mol. The number of rotatable bonds is 3. The van der Waals surface area contributed by atoms with Crippen LogP contribution < -0.4 is 4.90 Å². The first kappa shape index (κ1) is 13.8. The minimum Gasteiger partial charge on any atom is -0.370 e. The lowest BCUT2D eigenvalue weighted by molar-refractivity contribution is 0.919. The van der Waals surface area contributed by atoms with E-state index < -0.39 is 0 Å². The highest BCUT2D eigenvalue weighted by molar-refractivity contribution is 5.66. The summed E-state index contributed by atoms with van der Waals surface area (Å²) >= 11 is 0. The molecule has 0 N–H and O–H groups in total. The van der Waals surface area contributed by atoms with Crippen LogP contribution in [0.2, 0.25) is 0 Å². The summed E-state index contributed by atoms with van der Waals surface area (Å²) in [5.74, 6) is 2.65. The van der Waals surface area contributed by atoms with Crippen molar-refractivity contribution in [1.29, 1.82) is 5.26 Å². The average molecular weight is 285 g/mol. The van der Waals surface area contributed by atoms with Crippen molar-refractivity contribution in [1.82, 2.24) is 4.40 Å². The number of aromatic nitrogens is 1. The lowest BCUT2D eigenvalue weighted by Crippen LogP contribution is -2.16. The van der Waals surface area contributed by atoms with Gasteiger partial charge in [0.25, 0.3) is 0 Å². The fourth-order valence-electron chi connectivity index (χ4n) is 2.61. The van der Waals surface area contributed by atoms with Crippen molar-refractivity contribution in [2.45, 2.75) is 6.54 Å². The zero-order valence-electron chi connectivity index (χ0n) is 12.3. The quantitative estimate of drug-likeness (QED) is 0.690. The SMILES string of the molecule is C#Cc1cccc(N(C)Cc2cn3ccccc3c2C#N)c1.